The molecule has 0 aliphatic heterocycles. The van der Waals surface area contributed by atoms with Crippen molar-refractivity contribution in [2.75, 3.05) is 0 Å². The van der Waals surface area contributed by atoms with Gasteiger partial charge in [-0.2, -0.15) is 11.3 Å². The van der Waals surface area contributed by atoms with E-state index in [0.717, 1.165) is 16.7 Å². The van der Waals surface area contributed by atoms with Gasteiger partial charge in [-0.3, -0.25) is 0 Å². The van der Waals surface area contributed by atoms with Gasteiger partial charge in [0.05, 0.1) is 4.90 Å². The van der Waals surface area contributed by atoms with E-state index in [1.165, 1.54) is 6.07 Å². The first kappa shape index (κ1) is 15.2. The first-order valence-electron chi connectivity index (χ1n) is 6.41. The molecule has 0 spiro atoms. The minimum Gasteiger partial charge on any atom is -0.225 e. The fourth-order valence-electron chi connectivity index (χ4n) is 2.35. The predicted octanol–water partition coefficient (Wildman–Crippen LogP) is 4.38. The highest BCUT2D eigenvalue weighted by Crippen LogP contribution is 2.37. The monoisotopic (exact) mass is 349 g/mol. The lowest BCUT2D eigenvalue weighted by Crippen LogP contribution is -2.13. The Kier molecular flexibility index (Phi) is 4.06. The number of hydrogen-bond donors (Lipinski definition) is 1. The lowest BCUT2D eigenvalue weighted by molar-refractivity contribution is 0.598. The number of sulfonamides is 1. The van der Waals surface area contributed by atoms with Gasteiger partial charge in [0.25, 0.3) is 0 Å². The van der Waals surface area contributed by atoms with Crippen molar-refractivity contribution in [3.05, 3.63) is 64.3 Å². The van der Waals surface area contributed by atoms with Crippen LogP contribution in [0.1, 0.15) is 0 Å². The third-order valence-electron chi connectivity index (χ3n) is 3.30. The molecule has 2 N–H and O–H groups in total. The van der Waals surface area contributed by atoms with Crippen LogP contribution in [0.15, 0.2) is 64.2 Å². The summed E-state index contributed by atoms with van der Waals surface area (Å²) in [5, 5.41) is 9.90. The Morgan fingerprint density at radius 2 is 1.73 bits per heavy atom. The van der Waals surface area contributed by atoms with Crippen LogP contribution in [0.25, 0.3) is 22.3 Å². The van der Waals surface area contributed by atoms with E-state index >= 15 is 0 Å². The first-order valence-corrected chi connectivity index (χ1v) is 9.28. The van der Waals surface area contributed by atoms with Gasteiger partial charge in [0.2, 0.25) is 10.0 Å². The largest absolute Gasteiger partial charge is 0.238 e. The Morgan fingerprint density at radius 3 is 2.41 bits per heavy atom. The summed E-state index contributed by atoms with van der Waals surface area (Å²) >= 11 is 7.68. The van der Waals surface area contributed by atoms with Gasteiger partial charge in [0, 0.05) is 10.6 Å². The average Bonchev–Trinajstić information content (AvgIpc) is 3.00. The Bertz CT molecular complexity index is 919. The zero-order chi connectivity index (χ0) is 15.7. The fraction of sp³-hybridized carbons (Fsp3) is 0. The molecule has 1 aromatic heterocycles. The summed E-state index contributed by atoms with van der Waals surface area (Å²) in [6.07, 6.45) is 0. The molecule has 2 aromatic carbocycles. The van der Waals surface area contributed by atoms with Crippen molar-refractivity contribution in [3.63, 3.8) is 0 Å². The van der Waals surface area contributed by atoms with Crippen molar-refractivity contribution >= 4 is 33.0 Å². The standard InChI is InChI=1S/C16H12ClNO2S2/c17-12-5-6-13(15(9-12)11-7-8-21-10-11)14-3-1-2-4-16(14)22(18,19)20/h1-10H,(H2,18,19,20). The minimum atomic E-state index is -3.81. The molecule has 3 nitrogen and oxygen atoms in total. The van der Waals surface area contributed by atoms with Crippen LogP contribution in [-0.2, 0) is 10.0 Å². The number of rotatable bonds is 3. The molecule has 6 heteroatoms. The zero-order valence-corrected chi connectivity index (χ0v) is 13.8. The van der Waals surface area contributed by atoms with Gasteiger partial charge in [-0.25, -0.2) is 13.6 Å². The predicted molar refractivity (Wildman–Crippen MR) is 91.6 cm³/mol. The van der Waals surface area contributed by atoms with E-state index in [0.29, 0.717) is 10.6 Å². The summed E-state index contributed by atoms with van der Waals surface area (Å²) in [4.78, 5) is 0.105. The second-order valence-corrected chi connectivity index (χ2v) is 7.49. The van der Waals surface area contributed by atoms with Crippen LogP contribution in [-0.4, -0.2) is 8.42 Å². The second kappa shape index (κ2) is 5.85. The second-order valence-electron chi connectivity index (χ2n) is 4.74. The van der Waals surface area contributed by atoms with Crippen LogP contribution in [0.4, 0.5) is 0 Å². The first-order chi connectivity index (χ1) is 10.5. The highest BCUT2D eigenvalue weighted by atomic mass is 35.5. The molecule has 112 valence electrons. The van der Waals surface area contributed by atoms with Crippen molar-refractivity contribution in [2.24, 2.45) is 5.14 Å². The van der Waals surface area contributed by atoms with Gasteiger partial charge < -0.3 is 0 Å². The number of benzene rings is 2. The summed E-state index contributed by atoms with van der Waals surface area (Å²) in [6, 6.07) is 14.1. The van der Waals surface area contributed by atoms with E-state index in [9.17, 15) is 8.42 Å². The molecule has 3 rings (SSSR count). The van der Waals surface area contributed by atoms with Gasteiger partial charge in [0.1, 0.15) is 0 Å². The third kappa shape index (κ3) is 2.94. The Labute approximate surface area is 138 Å². The molecule has 0 saturated carbocycles. The van der Waals surface area contributed by atoms with Gasteiger partial charge in [-0.05, 0) is 51.7 Å². The van der Waals surface area contributed by atoms with Crippen molar-refractivity contribution in [2.45, 2.75) is 4.90 Å². The third-order valence-corrected chi connectivity index (χ3v) is 5.18. The molecular weight excluding hydrogens is 338 g/mol. The zero-order valence-electron chi connectivity index (χ0n) is 11.4. The maximum atomic E-state index is 11.8. The lowest BCUT2D eigenvalue weighted by Gasteiger charge is -2.12. The van der Waals surface area contributed by atoms with Crippen molar-refractivity contribution in [3.8, 4) is 22.3 Å². The lowest BCUT2D eigenvalue weighted by atomic mass is 9.96. The summed E-state index contributed by atoms with van der Waals surface area (Å²) in [5.74, 6) is 0. The number of thiophene rings is 1. The van der Waals surface area contributed by atoms with Crippen LogP contribution in [0, 0.1) is 0 Å². The highest BCUT2D eigenvalue weighted by Gasteiger charge is 2.17. The highest BCUT2D eigenvalue weighted by molar-refractivity contribution is 7.89. The summed E-state index contributed by atoms with van der Waals surface area (Å²) < 4.78 is 23.7. The molecule has 0 amide bonds. The SMILES string of the molecule is NS(=O)(=O)c1ccccc1-c1ccc(Cl)cc1-c1ccsc1. The van der Waals surface area contributed by atoms with E-state index in [1.807, 2.05) is 29.0 Å². The van der Waals surface area contributed by atoms with Crippen LogP contribution < -0.4 is 5.14 Å². The molecule has 0 aliphatic rings. The number of hydrogen-bond acceptors (Lipinski definition) is 3. The molecule has 0 radical (unpaired) electrons. The van der Waals surface area contributed by atoms with Crippen molar-refractivity contribution in [1.82, 2.24) is 0 Å². The summed E-state index contributed by atoms with van der Waals surface area (Å²) in [5.41, 5.74) is 3.23. The molecule has 1 heterocycles. The molecule has 0 atom stereocenters. The maximum absolute atomic E-state index is 11.8. The normalized spacial score (nSPS) is 11.5. The minimum absolute atomic E-state index is 0.105. The van der Waals surface area contributed by atoms with Crippen LogP contribution >= 0.6 is 22.9 Å². The van der Waals surface area contributed by atoms with E-state index in [-0.39, 0.29) is 4.90 Å². The molecule has 0 bridgehead atoms. The van der Waals surface area contributed by atoms with Gasteiger partial charge in [-0.15, -0.1) is 0 Å². The smallest absolute Gasteiger partial charge is 0.225 e. The molecule has 0 saturated heterocycles. The topological polar surface area (TPSA) is 60.2 Å². The van der Waals surface area contributed by atoms with Crippen LogP contribution in [0.5, 0.6) is 0 Å². The quantitative estimate of drug-likeness (QED) is 0.762. The Balaban J connectivity index is 2.31. The summed E-state index contributed by atoms with van der Waals surface area (Å²) in [6.45, 7) is 0. The van der Waals surface area contributed by atoms with Crippen LogP contribution in [0.3, 0.4) is 0 Å². The number of nitrogens with two attached hydrogens (primary N) is 1. The van der Waals surface area contributed by atoms with Crippen LogP contribution in [0.2, 0.25) is 5.02 Å². The molecule has 3 aromatic rings. The summed E-state index contributed by atoms with van der Waals surface area (Å²) in [7, 11) is -3.81. The van der Waals surface area contributed by atoms with E-state index < -0.39 is 10.0 Å². The van der Waals surface area contributed by atoms with E-state index in [4.69, 9.17) is 16.7 Å². The van der Waals surface area contributed by atoms with Crippen molar-refractivity contribution < 1.29 is 8.42 Å². The molecule has 0 aliphatic carbocycles. The van der Waals surface area contributed by atoms with Crippen molar-refractivity contribution in [1.29, 1.82) is 0 Å². The van der Waals surface area contributed by atoms with E-state index in [2.05, 4.69) is 0 Å². The van der Waals surface area contributed by atoms with Gasteiger partial charge in [0.15, 0.2) is 0 Å². The molecule has 22 heavy (non-hydrogen) atoms. The molecule has 0 fully saturated rings. The van der Waals surface area contributed by atoms with Gasteiger partial charge in [-0.1, -0.05) is 35.9 Å². The number of halogens is 1. The average molecular weight is 350 g/mol. The van der Waals surface area contributed by atoms with E-state index in [1.54, 1.807) is 35.6 Å². The molecule has 0 unspecified atom stereocenters. The Hall–Kier alpha value is -1.66. The number of primary sulfonamides is 1. The maximum Gasteiger partial charge on any atom is 0.238 e. The Morgan fingerprint density at radius 1 is 0.955 bits per heavy atom. The van der Waals surface area contributed by atoms with Gasteiger partial charge >= 0.3 is 0 Å². The fourth-order valence-corrected chi connectivity index (χ4v) is 3.93. The molecular formula is C16H12ClNO2S2.